The monoisotopic (exact) mass is 265 g/mol. The third kappa shape index (κ3) is 2.78. The van der Waals surface area contributed by atoms with Crippen LogP contribution in [0, 0.1) is 24.6 Å². The van der Waals surface area contributed by atoms with Gasteiger partial charge in [-0.15, -0.1) is 0 Å². The number of carboxylic acid groups (broad SMARTS) is 1. The molecule has 3 nitrogen and oxygen atoms in total. The number of carbonyl (C=O) groups is 1. The fourth-order valence-electron chi connectivity index (χ4n) is 2.72. The lowest BCUT2D eigenvalue weighted by molar-refractivity contribution is -0.142. The van der Waals surface area contributed by atoms with Crippen molar-refractivity contribution in [1.29, 1.82) is 0 Å². The molecule has 0 amide bonds. The second-order valence-electron chi connectivity index (χ2n) is 5.56. The number of likely N-dealkylation sites (tertiary alicyclic amines) is 1. The molecule has 104 valence electrons. The van der Waals surface area contributed by atoms with Gasteiger partial charge in [-0.25, -0.2) is 4.39 Å². The Bertz CT molecular complexity index is 489. The standard InChI is InChI=1S/C15H20FNO2/c1-9-4-5-12(6-14(9)16)11(3)17-7-10(2)13(8-17)15(18)19/h4-6,10-11,13H,7-8H2,1-3H3,(H,18,19)/t10-,11?,13-/m1/s1. The molecule has 0 spiro atoms. The molecular formula is C15H20FNO2. The highest BCUT2D eigenvalue weighted by molar-refractivity contribution is 5.71. The van der Waals surface area contributed by atoms with Gasteiger partial charge >= 0.3 is 5.97 Å². The zero-order valence-corrected chi connectivity index (χ0v) is 11.6. The molecule has 1 aromatic rings. The highest BCUT2D eigenvalue weighted by Crippen LogP contribution is 2.31. The number of rotatable bonds is 3. The molecule has 0 aromatic heterocycles. The molecular weight excluding hydrogens is 245 g/mol. The summed E-state index contributed by atoms with van der Waals surface area (Å²) in [6.07, 6.45) is 0. The van der Waals surface area contributed by atoms with Gasteiger partial charge in [-0.2, -0.15) is 0 Å². The third-order valence-electron chi connectivity index (χ3n) is 4.18. The Morgan fingerprint density at radius 1 is 1.47 bits per heavy atom. The van der Waals surface area contributed by atoms with Crippen molar-refractivity contribution in [2.45, 2.75) is 26.8 Å². The molecule has 1 heterocycles. The van der Waals surface area contributed by atoms with E-state index in [1.54, 1.807) is 19.1 Å². The summed E-state index contributed by atoms with van der Waals surface area (Å²) in [6.45, 7) is 6.98. The molecule has 1 N–H and O–H groups in total. The minimum atomic E-state index is -0.739. The summed E-state index contributed by atoms with van der Waals surface area (Å²) >= 11 is 0. The molecule has 1 saturated heterocycles. The molecule has 1 unspecified atom stereocenters. The topological polar surface area (TPSA) is 40.5 Å². The van der Waals surface area contributed by atoms with Crippen LogP contribution in [0.3, 0.4) is 0 Å². The first-order valence-corrected chi connectivity index (χ1v) is 6.63. The number of benzene rings is 1. The van der Waals surface area contributed by atoms with E-state index in [2.05, 4.69) is 4.90 Å². The summed E-state index contributed by atoms with van der Waals surface area (Å²) < 4.78 is 13.6. The summed E-state index contributed by atoms with van der Waals surface area (Å²) in [7, 11) is 0. The number of nitrogens with zero attached hydrogens (tertiary/aromatic N) is 1. The minimum Gasteiger partial charge on any atom is -0.481 e. The summed E-state index contributed by atoms with van der Waals surface area (Å²) in [5, 5.41) is 9.15. The van der Waals surface area contributed by atoms with E-state index in [-0.39, 0.29) is 23.7 Å². The molecule has 2 rings (SSSR count). The minimum absolute atomic E-state index is 0.0434. The van der Waals surface area contributed by atoms with Crippen LogP contribution in [0.1, 0.15) is 31.0 Å². The van der Waals surface area contributed by atoms with Gasteiger partial charge in [0, 0.05) is 19.1 Å². The Morgan fingerprint density at radius 3 is 2.68 bits per heavy atom. The third-order valence-corrected chi connectivity index (χ3v) is 4.18. The van der Waals surface area contributed by atoms with E-state index in [0.29, 0.717) is 12.1 Å². The molecule has 1 aliphatic rings. The quantitative estimate of drug-likeness (QED) is 0.913. The van der Waals surface area contributed by atoms with Gasteiger partial charge < -0.3 is 5.11 Å². The Hall–Kier alpha value is -1.42. The number of aliphatic carboxylic acids is 1. The van der Waals surface area contributed by atoms with Crippen molar-refractivity contribution in [3.8, 4) is 0 Å². The first-order chi connectivity index (χ1) is 8.90. The van der Waals surface area contributed by atoms with E-state index < -0.39 is 5.97 Å². The summed E-state index contributed by atoms with van der Waals surface area (Å²) in [5.74, 6) is -1.13. The molecule has 1 fully saturated rings. The van der Waals surface area contributed by atoms with E-state index in [1.807, 2.05) is 19.9 Å². The maximum absolute atomic E-state index is 13.6. The molecule has 0 bridgehead atoms. The van der Waals surface area contributed by atoms with Gasteiger partial charge in [0.2, 0.25) is 0 Å². The summed E-state index contributed by atoms with van der Waals surface area (Å²) in [6, 6.07) is 5.29. The average molecular weight is 265 g/mol. The highest BCUT2D eigenvalue weighted by Gasteiger charge is 2.36. The van der Waals surface area contributed by atoms with Crippen LogP contribution in [0.5, 0.6) is 0 Å². The van der Waals surface area contributed by atoms with Crippen LogP contribution in [-0.4, -0.2) is 29.1 Å². The van der Waals surface area contributed by atoms with Crippen LogP contribution in [-0.2, 0) is 4.79 Å². The molecule has 1 aromatic carbocycles. The Balaban J connectivity index is 2.14. The van der Waals surface area contributed by atoms with Crippen LogP contribution in [0.4, 0.5) is 4.39 Å². The number of aryl methyl sites for hydroxylation is 1. The lowest BCUT2D eigenvalue weighted by atomic mass is 9.99. The lowest BCUT2D eigenvalue weighted by Crippen LogP contribution is -2.26. The molecule has 4 heteroatoms. The molecule has 0 aliphatic carbocycles. The Labute approximate surface area is 113 Å². The second kappa shape index (κ2) is 5.29. The van der Waals surface area contributed by atoms with Crippen LogP contribution >= 0.6 is 0 Å². The van der Waals surface area contributed by atoms with Crippen molar-refractivity contribution in [3.05, 3.63) is 35.1 Å². The van der Waals surface area contributed by atoms with E-state index in [4.69, 9.17) is 5.11 Å². The van der Waals surface area contributed by atoms with Crippen molar-refractivity contribution in [3.63, 3.8) is 0 Å². The van der Waals surface area contributed by atoms with Gasteiger partial charge in [0.1, 0.15) is 5.82 Å². The Morgan fingerprint density at radius 2 is 2.16 bits per heavy atom. The smallest absolute Gasteiger partial charge is 0.308 e. The fourth-order valence-corrected chi connectivity index (χ4v) is 2.72. The predicted octanol–water partition coefficient (Wildman–Crippen LogP) is 2.85. The zero-order chi connectivity index (χ0) is 14.2. The van der Waals surface area contributed by atoms with Gasteiger partial charge in [0.15, 0.2) is 0 Å². The van der Waals surface area contributed by atoms with E-state index in [1.165, 1.54) is 0 Å². The fraction of sp³-hybridized carbons (Fsp3) is 0.533. The summed E-state index contributed by atoms with van der Waals surface area (Å²) in [4.78, 5) is 13.2. The summed E-state index contributed by atoms with van der Waals surface area (Å²) in [5.41, 5.74) is 1.54. The van der Waals surface area contributed by atoms with Crippen LogP contribution in [0.2, 0.25) is 0 Å². The van der Waals surface area contributed by atoms with Gasteiger partial charge in [-0.1, -0.05) is 19.1 Å². The van der Waals surface area contributed by atoms with Crippen molar-refractivity contribution in [2.24, 2.45) is 11.8 Å². The Kier molecular flexibility index (Phi) is 3.90. The van der Waals surface area contributed by atoms with Crippen molar-refractivity contribution < 1.29 is 14.3 Å². The first-order valence-electron chi connectivity index (χ1n) is 6.63. The highest BCUT2D eigenvalue weighted by atomic mass is 19.1. The second-order valence-corrected chi connectivity index (χ2v) is 5.56. The predicted molar refractivity (Wildman–Crippen MR) is 71.4 cm³/mol. The number of hydrogen-bond donors (Lipinski definition) is 1. The molecule has 0 saturated carbocycles. The van der Waals surface area contributed by atoms with E-state index in [0.717, 1.165) is 12.1 Å². The van der Waals surface area contributed by atoms with Crippen LogP contribution in [0.15, 0.2) is 18.2 Å². The van der Waals surface area contributed by atoms with E-state index >= 15 is 0 Å². The zero-order valence-electron chi connectivity index (χ0n) is 11.6. The number of hydrogen-bond acceptors (Lipinski definition) is 2. The lowest BCUT2D eigenvalue weighted by Gasteiger charge is -2.24. The van der Waals surface area contributed by atoms with Gasteiger partial charge in [-0.05, 0) is 37.0 Å². The van der Waals surface area contributed by atoms with Gasteiger partial charge in [-0.3, -0.25) is 9.69 Å². The van der Waals surface area contributed by atoms with Crippen molar-refractivity contribution in [1.82, 2.24) is 4.90 Å². The van der Waals surface area contributed by atoms with Gasteiger partial charge in [0.25, 0.3) is 0 Å². The first kappa shape index (κ1) is 14.0. The average Bonchev–Trinajstić information content (AvgIpc) is 2.74. The number of halogens is 1. The maximum atomic E-state index is 13.6. The van der Waals surface area contributed by atoms with Crippen LogP contribution in [0.25, 0.3) is 0 Å². The molecule has 0 radical (unpaired) electrons. The van der Waals surface area contributed by atoms with E-state index in [9.17, 15) is 9.18 Å². The SMILES string of the molecule is Cc1ccc(C(C)N2C[C@@H](C)[C@H](C(=O)O)C2)cc1F. The normalized spacial score (nSPS) is 25.5. The number of carboxylic acids is 1. The molecule has 19 heavy (non-hydrogen) atoms. The molecule has 3 atom stereocenters. The maximum Gasteiger partial charge on any atom is 0.308 e. The largest absolute Gasteiger partial charge is 0.481 e. The van der Waals surface area contributed by atoms with Crippen LogP contribution < -0.4 is 0 Å². The van der Waals surface area contributed by atoms with Crippen molar-refractivity contribution >= 4 is 5.97 Å². The van der Waals surface area contributed by atoms with Crippen molar-refractivity contribution in [2.75, 3.05) is 13.1 Å². The molecule has 1 aliphatic heterocycles. The van der Waals surface area contributed by atoms with Gasteiger partial charge in [0.05, 0.1) is 5.92 Å².